The van der Waals surface area contributed by atoms with E-state index in [1.54, 1.807) is 14.2 Å². The minimum Gasteiger partial charge on any atom is -0.497 e. The Morgan fingerprint density at radius 3 is 2.27 bits per heavy atom. The molecule has 3 rings (SSSR count). The van der Waals surface area contributed by atoms with Gasteiger partial charge >= 0.3 is 0 Å². The van der Waals surface area contributed by atoms with E-state index >= 15 is 0 Å². The normalized spacial score (nSPS) is 17.1. The van der Waals surface area contributed by atoms with E-state index in [4.69, 9.17) is 14.5 Å². The Balaban J connectivity index is 1.89. The third-order valence-electron chi connectivity index (χ3n) is 4.50. The number of hydrogen-bond acceptors (Lipinski definition) is 3. The van der Waals surface area contributed by atoms with Crippen LogP contribution in [0.2, 0.25) is 0 Å². The van der Waals surface area contributed by atoms with Crippen molar-refractivity contribution >= 4 is 17.3 Å². The molecule has 0 spiro atoms. The first-order valence-corrected chi connectivity index (χ1v) is 8.76. The Hall–Kier alpha value is -2.95. The van der Waals surface area contributed by atoms with E-state index < -0.39 is 0 Å². The van der Waals surface area contributed by atoms with Gasteiger partial charge in [-0.25, -0.2) is 4.99 Å². The van der Waals surface area contributed by atoms with Crippen LogP contribution in [-0.4, -0.2) is 37.7 Å². The minimum atomic E-state index is 0.290. The molecule has 26 heavy (non-hydrogen) atoms. The van der Waals surface area contributed by atoms with Gasteiger partial charge in [0.2, 0.25) is 5.96 Å². The van der Waals surface area contributed by atoms with Crippen LogP contribution in [-0.2, 0) is 0 Å². The molecule has 1 fully saturated rings. The molecule has 2 aromatic carbocycles. The lowest BCUT2D eigenvalue weighted by Crippen LogP contribution is -2.38. The quantitative estimate of drug-likeness (QED) is 0.491. The summed E-state index contributed by atoms with van der Waals surface area (Å²) in [4.78, 5) is 7.11. The highest BCUT2D eigenvalue weighted by atomic mass is 16.5. The summed E-state index contributed by atoms with van der Waals surface area (Å²) in [6, 6.07) is 15.9. The number of aliphatic imine (C=N–C) groups is 1. The number of guanidine groups is 1. The highest BCUT2D eigenvalue weighted by Gasteiger charge is 2.25. The number of hydrogen-bond donors (Lipinski definition) is 1. The first-order chi connectivity index (χ1) is 12.7. The zero-order valence-corrected chi connectivity index (χ0v) is 15.3. The van der Waals surface area contributed by atoms with Crippen molar-refractivity contribution in [3.63, 3.8) is 0 Å². The molecule has 2 aromatic rings. The summed E-state index contributed by atoms with van der Waals surface area (Å²) < 4.78 is 10.5. The molecule has 0 amide bonds. The number of likely N-dealkylation sites (tertiary alicyclic amines) is 1. The lowest BCUT2D eigenvalue weighted by molar-refractivity contribution is 0.415. The van der Waals surface area contributed by atoms with Crippen LogP contribution in [0.5, 0.6) is 11.5 Å². The molecule has 0 aliphatic carbocycles. The largest absolute Gasteiger partial charge is 0.497 e. The number of nitrogens with one attached hydrogen (secondary N) is 1. The molecular formula is C21H25N3O2. The van der Waals surface area contributed by atoms with Gasteiger partial charge in [-0.15, -0.1) is 6.58 Å². The van der Waals surface area contributed by atoms with E-state index in [9.17, 15) is 0 Å². The first-order valence-electron chi connectivity index (χ1n) is 8.76. The molecule has 5 heteroatoms. The van der Waals surface area contributed by atoms with E-state index in [2.05, 4.69) is 16.8 Å². The van der Waals surface area contributed by atoms with Crippen LogP contribution in [0.3, 0.4) is 0 Å². The van der Waals surface area contributed by atoms with Crippen LogP contribution in [0.1, 0.15) is 12.8 Å². The molecule has 1 unspecified atom stereocenters. The molecule has 5 nitrogen and oxygen atoms in total. The van der Waals surface area contributed by atoms with Gasteiger partial charge in [-0.2, -0.15) is 0 Å². The minimum absolute atomic E-state index is 0.290. The topological polar surface area (TPSA) is 46.1 Å². The second-order valence-electron chi connectivity index (χ2n) is 6.13. The molecule has 1 atom stereocenters. The summed E-state index contributed by atoms with van der Waals surface area (Å²) in [5.74, 6) is 2.47. The maximum Gasteiger partial charge on any atom is 0.204 e. The van der Waals surface area contributed by atoms with Gasteiger partial charge < -0.3 is 19.7 Å². The van der Waals surface area contributed by atoms with Gasteiger partial charge in [-0.3, -0.25) is 0 Å². The number of benzene rings is 2. The fourth-order valence-electron chi connectivity index (χ4n) is 3.05. The second-order valence-corrected chi connectivity index (χ2v) is 6.13. The third-order valence-corrected chi connectivity index (χ3v) is 4.50. The number of methoxy groups -OCH3 is 2. The zero-order chi connectivity index (χ0) is 18.4. The standard InChI is InChI=1S/C21H25N3O2/c1-4-18-6-5-15-24(18)21(22-16-7-11-19(25-2)12-8-16)23-17-9-13-20(26-3)14-10-17/h4,7-14,18H,1,5-6,15H2,2-3H3,(H,22,23). The average molecular weight is 351 g/mol. The van der Waals surface area contributed by atoms with E-state index in [1.807, 2.05) is 54.6 Å². The van der Waals surface area contributed by atoms with Gasteiger partial charge in [-0.05, 0) is 61.4 Å². The van der Waals surface area contributed by atoms with E-state index in [0.717, 1.165) is 48.2 Å². The van der Waals surface area contributed by atoms with Gasteiger partial charge in [0.05, 0.1) is 19.9 Å². The highest BCUT2D eigenvalue weighted by molar-refractivity contribution is 5.96. The lowest BCUT2D eigenvalue weighted by atomic mass is 10.2. The van der Waals surface area contributed by atoms with Crippen LogP contribution in [0, 0.1) is 0 Å². The molecule has 1 heterocycles. The molecule has 1 aliphatic heterocycles. The number of ether oxygens (including phenoxy) is 2. The van der Waals surface area contributed by atoms with E-state index in [1.165, 1.54) is 0 Å². The Labute approximate surface area is 155 Å². The van der Waals surface area contributed by atoms with Gasteiger partial charge in [0.1, 0.15) is 11.5 Å². The van der Waals surface area contributed by atoms with Crippen LogP contribution in [0.15, 0.2) is 66.2 Å². The van der Waals surface area contributed by atoms with Crippen molar-refractivity contribution in [3.05, 3.63) is 61.2 Å². The number of anilines is 1. The monoisotopic (exact) mass is 351 g/mol. The molecule has 136 valence electrons. The predicted molar refractivity (Wildman–Crippen MR) is 107 cm³/mol. The van der Waals surface area contributed by atoms with Crippen LogP contribution in [0.4, 0.5) is 11.4 Å². The molecule has 0 bridgehead atoms. The molecule has 0 aromatic heterocycles. The van der Waals surface area contributed by atoms with Crippen molar-refractivity contribution in [2.45, 2.75) is 18.9 Å². The van der Waals surface area contributed by atoms with Crippen LogP contribution in [0.25, 0.3) is 0 Å². The summed E-state index contributed by atoms with van der Waals surface area (Å²) in [5, 5.41) is 3.45. The van der Waals surface area contributed by atoms with Crippen molar-refractivity contribution in [1.29, 1.82) is 0 Å². The highest BCUT2D eigenvalue weighted by Crippen LogP contribution is 2.24. The molecule has 1 aliphatic rings. The third kappa shape index (κ3) is 4.17. The Bertz CT molecular complexity index is 754. The van der Waals surface area contributed by atoms with Gasteiger partial charge in [-0.1, -0.05) is 6.08 Å². The molecule has 0 saturated carbocycles. The summed E-state index contributed by atoms with van der Waals surface area (Å²) in [6.07, 6.45) is 4.21. The lowest BCUT2D eigenvalue weighted by Gasteiger charge is -2.26. The summed E-state index contributed by atoms with van der Waals surface area (Å²) in [6.45, 7) is 4.93. The maximum absolute atomic E-state index is 5.23. The molecular weight excluding hydrogens is 326 g/mol. The summed E-state index contributed by atoms with van der Waals surface area (Å²) in [5.41, 5.74) is 1.84. The zero-order valence-electron chi connectivity index (χ0n) is 15.3. The van der Waals surface area contributed by atoms with Gasteiger partial charge in [0.15, 0.2) is 0 Å². The number of rotatable bonds is 5. The Kier molecular flexibility index (Phi) is 5.79. The van der Waals surface area contributed by atoms with Crippen LogP contribution >= 0.6 is 0 Å². The number of nitrogens with zero attached hydrogens (tertiary/aromatic N) is 2. The van der Waals surface area contributed by atoms with Crippen molar-refractivity contribution in [1.82, 2.24) is 4.90 Å². The average Bonchev–Trinajstić information content (AvgIpc) is 3.17. The predicted octanol–water partition coefficient (Wildman–Crippen LogP) is 4.45. The molecule has 1 saturated heterocycles. The molecule has 1 N–H and O–H groups in total. The smallest absolute Gasteiger partial charge is 0.204 e. The fourth-order valence-corrected chi connectivity index (χ4v) is 3.05. The van der Waals surface area contributed by atoms with Crippen LogP contribution < -0.4 is 14.8 Å². The summed E-state index contributed by atoms with van der Waals surface area (Å²) >= 11 is 0. The van der Waals surface area contributed by atoms with Gasteiger partial charge in [0.25, 0.3) is 0 Å². The van der Waals surface area contributed by atoms with Crippen molar-refractivity contribution in [3.8, 4) is 11.5 Å². The first kappa shape index (κ1) is 17.9. The van der Waals surface area contributed by atoms with E-state index in [-0.39, 0.29) is 6.04 Å². The second kappa shape index (κ2) is 8.43. The SMILES string of the molecule is C=CC1CCCN1C(=Nc1ccc(OC)cc1)Nc1ccc(OC)cc1. The molecule has 0 radical (unpaired) electrons. The maximum atomic E-state index is 5.23. The van der Waals surface area contributed by atoms with Crippen molar-refractivity contribution in [2.75, 3.05) is 26.1 Å². The van der Waals surface area contributed by atoms with Gasteiger partial charge in [0, 0.05) is 18.3 Å². The van der Waals surface area contributed by atoms with E-state index in [0.29, 0.717) is 0 Å². The van der Waals surface area contributed by atoms with Crippen molar-refractivity contribution in [2.24, 2.45) is 4.99 Å². The van der Waals surface area contributed by atoms with Crippen molar-refractivity contribution < 1.29 is 9.47 Å². The fraction of sp³-hybridized carbons (Fsp3) is 0.286. The summed E-state index contributed by atoms with van der Waals surface area (Å²) in [7, 11) is 3.33. The Morgan fingerprint density at radius 2 is 1.69 bits per heavy atom. The Morgan fingerprint density at radius 1 is 1.08 bits per heavy atom.